The summed E-state index contributed by atoms with van der Waals surface area (Å²) in [5.41, 5.74) is 0. The lowest BCUT2D eigenvalue weighted by atomic mass is 10.2. The van der Waals surface area contributed by atoms with Crippen LogP contribution in [0.5, 0.6) is 17.2 Å². The molecule has 7 nitrogen and oxygen atoms in total. The number of benzene rings is 1. The molecule has 0 aliphatic carbocycles. The highest BCUT2D eigenvalue weighted by Gasteiger charge is 2.21. The van der Waals surface area contributed by atoms with Gasteiger partial charge in [-0.25, -0.2) is 0 Å². The molecule has 112 valence electrons. The molecule has 2 rings (SSSR count). The number of nitrogens with one attached hydrogen (secondary N) is 1. The van der Waals surface area contributed by atoms with Crippen molar-refractivity contribution in [3.63, 3.8) is 0 Å². The van der Waals surface area contributed by atoms with Gasteiger partial charge in [0.15, 0.2) is 11.5 Å². The molecule has 2 N–H and O–H groups in total. The largest absolute Gasteiger partial charge is 0.486 e. The molecule has 1 unspecified atom stereocenters. The number of ether oxygens (including phenoxy) is 2. The van der Waals surface area contributed by atoms with Crippen molar-refractivity contribution >= 4 is 10.1 Å². The van der Waals surface area contributed by atoms with Crippen LogP contribution in [0.4, 0.5) is 0 Å². The van der Waals surface area contributed by atoms with Gasteiger partial charge in [0.1, 0.15) is 18.5 Å². The number of aliphatic hydroxyl groups excluding tert-OH is 1. The SMILES string of the molecule is CS(=O)(=O)Oc1ccc2c(c1)OC(CNCCO)CO2. The Morgan fingerprint density at radius 2 is 2.25 bits per heavy atom. The molecular weight excluding hydrogens is 286 g/mol. The molecule has 1 aromatic rings. The Kier molecular flexibility index (Phi) is 4.69. The summed E-state index contributed by atoms with van der Waals surface area (Å²) in [5, 5.41) is 11.7. The predicted octanol–water partition coefficient (Wildman–Crippen LogP) is -0.253. The molecule has 1 aliphatic rings. The van der Waals surface area contributed by atoms with Crippen LogP contribution in [0, 0.1) is 0 Å². The lowest BCUT2D eigenvalue weighted by Crippen LogP contribution is -2.39. The summed E-state index contributed by atoms with van der Waals surface area (Å²) < 4.78 is 38.2. The van der Waals surface area contributed by atoms with Crippen LogP contribution in [-0.2, 0) is 10.1 Å². The van der Waals surface area contributed by atoms with Crippen LogP contribution in [0.25, 0.3) is 0 Å². The van der Waals surface area contributed by atoms with Gasteiger partial charge in [0.2, 0.25) is 0 Å². The molecule has 0 fully saturated rings. The smallest absolute Gasteiger partial charge is 0.306 e. The Morgan fingerprint density at radius 3 is 2.95 bits per heavy atom. The second-order valence-electron chi connectivity index (χ2n) is 4.37. The molecule has 1 heterocycles. The first-order valence-electron chi connectivity index (χ1n) is 6.12. The van der Waals surface area contributed by atoms with Crippen molar-refractivity contribution in [3.8, 4) is 17.2 Å². The maximum Gasteiger partial charge on any atom is 0.306 e. The second kappa shape index (κ2) is 6.29. The van der Waals surface area contributed by atoms with E-state index in [0.29, 0.717) is 31.2 Å². The van der Waals surface area contributed by atoms with Crippen molar-refractivity contribution in [1.82, 2.24) is 5.32 Å². The summed E-state index contributed by atoms with van der Waals surface area (Å²) in [6.45, 7) is 1.44. The van der Waals surface area contributed by atoms with E-state index in [1.807, 2.05) is 0 Å². The van der Waals surface area contributed by atoms with Crippen LogP contribution in [0.2, 0.25) is 0 Å². The lowest BCUT2D eigenvalue weighted by molar-refractivity contribution is 0.0892. The Morgan fingerprint density at radius 1 is 1.45 bits per heavy atom. The average Bonchev–Trinajstić information content (AvgIpc) is 2.37. The van der Waals surface area contributed by atoms with Gasteiger partial charge in [-0.15, -0.1) is 0 Å². The average molecular weight is 303 g/mol. The molecule has 0 saturated heterocycles. The number of hydrogen-bond donors (Lipinski definition) is 2. The third-order valence-electron chi connectivity index (χ3n) is 2.54. The number of aliphatic hydroxyl groups is 1. The molecule has 0 aromatic heterocycles. The lowest BCUT2D eigenvalue weighted by Gasteiger charge is -2.26. The van der Waals surface area contributed by atoms with Crippen LogP contribution in [-0.4, -0.2) is 52.2 Å². The Hall–Kier alpha value is -1.51. The van der Waals surface area contributed by atoms with Gasteiger partial charge in [0.05, 0.1) is 12.9 Å². The van der Waals surface area contributed by atoms with Gasteiger partial charge in [-0.2, -0.15) is 8.42 Å². The fourth-order valence-electron chi connectivity index (χ4n) is 1.77. The number of rotatable bonds is 6. The van der Waals surface area contributed by atoms with E-state index in [9.17, 15) is 8.42 Å². The molecule has 1 aliphatic heterocycles. The fraction of sp³-hybridized carbons (Fsp3) is 0.500. The van der Waals surface area contributed by atoms with Crippen LogP contribution in [0.15, 0.2) is 18.2 Å². The van der Waals surface area contributed by atoms with Gasteiger partial charge in [-0.1, -0.05) is 0 Å². The third kappa shape index (κ3) is 4.26. The molecule has 8 heteroatoms. The number of hydrogen-bond acceptors (Lipinski definition) is 7. The zero-order valence-electron chi connectivity index (χ0n) is 11.0. The fourth-order valence-corrected chi connectivity index (χ4v) is 2.22. The molecule has 0 spiro atoms. The molecule has 0 amide bonds. The Bertz CT molecular complexity index is 559. The zero-order chi connectivity index (χ0) is 14.6. The highest BCUT2D eigenvalue weighted by molar-refractivity contribution is 7.86. The third-order valence-corrected chi connectivity index (χ3v) is 3.04. The van der Waals surface area contributed by atoms with E-state index >= 15 is 0 Å². The van der Waals surface area contributed by atoms with Gasteiger partial charge in [0, 0.05) is 19.2 Å². The van der Waals surface area contributed by atoms with Crippen molar-refractivity contribution in [1.29, 1.82) is 0 Å². The molecule has 1 aromatic carbocycles. The molecule has 0 bridgehead atoms. The summed E-state index contributed by atoms with van der Waals surface area (Å²) >= 11 is 0. The summed E-state index contributed by atoms with van der Waals surface area (Å²) in [6.07, 6.45) is 0.772. The zero-order valence-corrected chi connectivity index (χ0v) is 11.9. The summed E-state index contributed by atoms with van der Waals surface area (Å²) in [5.74, 6) is 1.16. The van der Waals surface area contributed by atoms with Gasteiger partial charge >= 0.3 is 10.1 Å². The highest BCUT2D eigenvalue weighted by Crippen LogP contribution is 2.35. The summed E-state index contributed by atoms with van der Waals surface area (Å²) in [6, 6.07) is 4.59. The summed E-state index contributed by atoms with van der Waals surface area (Å²) in [4.78, 5) is 0. The molecule has 0 saturated carbocycles. The predicted molar refractivity (Wildman–Crippen MR) is 71.8 cm³/mol. The van der Waals surface area contributed by atoms with Gasteiger partial charge < -0.3 is 24.1 Å². The molecule has 1 atom stereocenters. The van der Waals surface area contributed by atoms with E-state index in [-0.39, 0.29) is 18.5 Å². The van der Waals surface area contributed by atoms with Crippen LogP contribution in [0.3, 0.4) is 0 Å². The maximum atomic E-state index is 11.1. The van der Waals surface area contributed by atoms with E-state index in [0.717, 1.165) is 6.26 Å². The van der Waals surface area contributed by atoms with Gasteiger partial charge in [0.25, 0.3) is 0 Å². The maximum absolute atomic E-state index is 11.1. The quantitative estimate of drug-likeness (QED) is 0.552. The van der Waals surface area contributed by atoms with Gasteiger partial charge in [-0.3, -0.25) is 0 Å². The first-order chi connectivity index (χ1) is 9.48. The first kappa shape index (κ1) is 14.9. The van der Waals surface area contributed by atoms with Crippen LogP contribution in [0.1, 0.15) is 0 Å². The standard InChI is InChI=1S/C12H17NO6S/c1-20(15,16)19-9-2-3-11-12(6-9)18-10(8-17-11)7-13-4-5-14/h2-3,6,10,13-14H,4-5,7-8H2,1H3. The molecule has 0 radical (unpaired) electrons. The Labute approximate surface area is 117 Å². The van der Waals surface area contributed by atoms with Crippen molar-refractivity contribution in [2.75, 3.05) is 32.6 Å². The van der Waals surface area contributed by atoms with E-state index < -0.39 is 10.1 Å². The topological polar surface area (TPSA) is 94.1 Å². The summed E-state index contributed by atoms with van der Waals surface area (Å²) in [7, 11) is -3.57. The van der Waals surface area contributed by atoms with E-state index in [1.165, 1.54) is 12.1 Å². The van der Waals surface area contributed by atoms with Crippen LogP contribution >= 0.6 is 0 Å². The van der Waals surface area contributed by atoms with Crippen LogP contribution < -0.4 is 19.0 Å². The van der Waals surface area contributed by atoms with E-state index in [4.69, 9.17) is 18.8 Å². The van der Waals surface area contributed by atoms with E-state index in [1.54, 1.807) is 6.07 Å². The number of fused-ring (bicyclic) bond motifs is 1. The molecule has 20 heavy (non-hydrogen) atoms. The minimum Gasteiger partial charge on any atom is -0.486 e. The van der Waals surface area contributed by atoms with Crippen molar-refractivity contribution in [3.05, 3.63) is 18.2 Å². The minimum absolute atomic E-state index is 0.0521. The monoisotopic (exact) mass is 303 g/mol. The second-order valence-corrected chi connectivity index (χ2v) is 5.95. The normalized spacial score (nSPS) is 17.8. The molecular formula is C12H17NO6S. The Balaban J connectivity index is 2.04. The van der Waals surface area contributed by atoms with Crippen molar-refractivity contribution < 1.29 is 27.2 Å². The van der Waals surface area contributed by atoms with Crippen molar-refractivity contribution in [2.24, 2.45) is 0 Å². The first-order valence-corrected chi connectivity index (χ1v) is 7.94. The highest BCUT2D eigenvalue weighted by atomic mass is 32.2. The van der Waals surface area contributed by atoms with Gasteiger partial charge in [-0.05, 0) is 12.1 Å². The minimum atomic E-state index is -3.57. The van der Waals surface area contributed by atoms with Crippen molar-refractivity contribution in [2.45, 2.75) is 6.10 Å². The van der Waals surface area contributed by atoms with E-state index in [2.05, 4.69) is 5.32 Å².